The molecule has 134 valence electrons. The minimum atomic E-state index is -4.41. The van der Waals surface area contributed by atoms with Crippen LogP contribution >= 0.6 is 0 Å². The predicted molar refractivity (Wildman–Crippen MR) is 83.7 cm³/mol. The zero-order chi connectivity index (χ0) is 17.5. The van der Waals surface area contributed by atoms with E-state index in [1.165, 1.54) is 12.3 Å². The fraction of sp³-hybridized carbons (Fsp3) is 0.706. The van der Waals surface area contributed by atoms with Gasteiger partial charge in [-0.3, -0.25) is 0 Å². The summed E-state index contributed by atoms with van der Waals surface area (Å²) < 4.78 is 51.9. The molecule has 0 amide bonds. The molecule has 3 atom stereocenters. The predicted octanol–water partition coefficient (Wildman–Crippen LogP) is 3.86. The summed E-state index contributed by atoms with van der Waals surface area (Å²) in [4.78, 5) is 5.68. The topological polar surface area (TPSA) is 34.6 Å². The fourth-order valence-electron chi connectivity index (χ4n) is 3.78. The molecule has 4 nitrogen and oxygen atoms in total. The molecule has 0 N–H and O–H groups in total. The van der Waals surface area contributed by atoms with Crippen molar-refractivity contribution in [2.45, 2.75) is 57.8 Å². The molecule has 0 bridgehead atoms. The van der Waals surface area contributed by atoms with Gasteiger partial charge in [0.25, 0.3) is 0 Å². The Morgan fingerprint density at radius 3 is 2.46 bits per heavy atom. The zero-order valence-electron chi connectivity index (χ0n) is 14.1. The van der Waals surface area contributed by atoms with Crippen molar-refractivity contribution in [2.75, 3.05) is 18.0 Å². The van der Waals surface area contributed by atoms with E-state index in [2.05, 4.69) is 4.98 Å². The van der Waals surface area contributed by atoms with E-state index < -0.39 is 17.5 Å². The van der Waals surface area contributed by atoms with Crippen LogP contribution in [0.1, 0.15) is 39.2 Å². The van der Waals surface area contributed by atoms with Gasteiger partial charge in [-0.2, -0.15) is 13.2 Å². The minimum absolute atomic E-state index is 0.0105. The summed E-state index contributed by atoms with van der Waals surface area (Å²) in [5.41, 5.74) is -0.694. The Bertz CT molecular complexity index is 583. The molecule has 3 rings (SSSR count). The molecular formula is C17H23F3N2O2. The lowest BCUT2D eigenvalue weighted by Crippen LogP contribution is -2.59. The number of piperidine rings is 1. The van der Waals surface area contributed by atoms with Gasteiger partial charge in [0.15, 0.2) is 5.79 Å². The third-order valence-electron chi connectivity index (χ3n) is 4.83. The summed E-state index contributed by atoms with van der Waals surface area (Å²) in [7, 11) is 0. The number of alkyl halides is 3. The molecule has 0 saturated carbocycles. The van der Waals surface area contributed by atoms with Crippen LogP contribution in [-0.4, -0.2) is 36.1 Å². The molecule has 1 aromatic rings. The second kappa shape index (κ2) is 6.19. The molecule has 2 aliphatic heterocycles. The molecule has 0 radical (unpaired) electrons. The summed E-state index contributed by atoms with van der Waals surface area (Å²) in [6.45, 7) is 6.83. The highest BCUT2D eigenvalue weighted by atomic mass is 19.4. The maximum atomic E-state index is 13.2. The van der Waals surface area contributed by atoms with E-state index in [4.69, 9.17) is 9.47 Å². The van der Waals surface area contributed by atoms with Crippen molar-refractivity contribution in [1.29, 1.82) is 0 Å². The van der Waals surface area contributed by atoms with Crippen molar-refractivity contribution >= 4 is 5.82 Å². The average molecular weight is 344 g/mol. The summed E-state index contributed by atoms with van der Waals surface area (Å²) in [5, 5.41) is 0. The van der Waals surface area contributed by atoms with Crippen molar-refractivity contribution in [1.82, 2.24) is 4.98 Å². The summed E-state index contributed by atoms with van der Waals surface area (Å²) in [5.74, 6) is -0.774. The van der Waals surface area contributed by atoms with Crippen molar-refractivity contribution in [3.05, 3.63) is 23.9 Å². The van der Waals surface area contributed by atoms with Gasteiger partial charge in [0.05, 0.1) is 17.8 Å². The van der Waals surface area contributed by atoms with Crippen molar-refractivity contribution in [3.8, 4) is 0 Å². The summed E-state index contributed by atoms with van der Waals surface area (Å²) >= 11 is 0. The number of ether oxygens (including phenoxy) is 2. The van der Waals surface area contributed by atoms with Gasteiger partial charge in [0, 0.05) is 31.6 Å². The number of hydrogen-bond acceptors (Lipinski definition) is 4. The number of aromatic nitrogens is 1. The lowest BCUT2D eigenvalue weighted by molar-refractivity contribution is -0.337. The fourth-order valence-corrected chi connectivity index (χ4v) is 3.78. The molecular weight excluding hydrogens is 321 g/mol. The van der Waals surface area contributed by atoms with Crippen LogP contribution in [0, 0.1) is 5.92 Å². The standard InChI is InChI=1S/C17H23F3N2O2/c1-11-10-22(15-14(17(18,19)20)5-4-7-21-15)8-6-16(11)23-12(2)9-13(3)24-16/h4-5,7,11-13H,6,8-10H2,1-3H3/t11-,12-,13-/m1/s1. The highest BCUT2D eigenvalue weighted by Gasteiger charge is 2.48. The van der Waals surface area contributed by atoms with Gasteiger partial charge in [0.2, 0.25) is 0 Å². The number of rotatable bonds is 1. The SMILES string of the molecule is C[C@@H]1C[C@@H](C)OC2(CCN(c3ncccc3C(F)(F)F)C[C@H]2C)O1. The lowest BCUT2D eigenvalue weighted by atomic mass is 9.90. The Balaban J connectivity index is 1.82. The number of nitrogens with zero attached hydrogens (tertiary/aromatic N) is 2. The van der Waals surface area contributed by atoms with Gasteiger partial charge >= 0.3 is 6.18 Å². The van der Waals surface area contributed by atoms with Crippen LogP contribution in [0.15, 0.2) is 18.3 Å². The Hall–Kier alpha value is -1.34. The van der Waals surface area contributed by atoms with Crippen molar-refractivity contribution in [2.24, 2.45) is 5.92 Å². The number of anilines is 1. The van der Waals surface area contributed by atoms with Gasteiger partial charge in [-0.05, 0) is 32.4 Å². The van der Waals surface area contributed by atoms with E-state index in [9.17, 15) is 13.2 Å². The second-order valence-corrected chi connectivity index (χ2v) is 6.87. The lowest BCUT2D eigenvalue weighted by Gasteiger charge is -2.51. The minimum Gasteiger partial charge on any atom is -0.355 e. The first-order chi connectivity index (χ1) is 11.2. The van der Waals surface area contributed by atoms with Gasteiger partial charge < -0.3 is 14.4 Å². The monoisotopic (exact) mass is 344 g/mol. The highest BCUT2D eigenvalue weighted by Crippen LogP contribution is 2.42. The first-order valence-corrected chi connectivity index (χ1v) is 8.34. The molecule has 0 unspecified atom stereocenters. The van der Waals surface area contributed by atoms with Gasteiger partial charge in [-0.25, -0.2) is 4.98 Å². The molecule has 0 aromatic carbocycles. The van der Waals surface area contributed by atoms with Crippen molar-refractivity contribution in [3.63, 3.8) is 0 Å². The van der Waals surface area contributed by atoms with Gasteiger partial charge in [0.1, 0.15) is 5.82 Å². The van der Waals surface area contributed by atoms with Crippen LogP contribution in [0.4, 0.5) is 19.0 Å². The maximum Gasteiger partial charge on any atom is 0.419 e. The Kier molecular flexibility index (Phi) is 4.51. The average Bonchev–Trinajstić information content (AvgIpc) is 2.48. The van der Waals surface area contributed by atoms with E-state index >= 15 is 0 Å². The summed E-state index contributed by atoms with van der Waals surface area (Å²) in [6, 6.07) is 2.40. The maximum absolute atomic E-state index is 13.2. The van der Waals surface area contributed by atoms with Crippen LogP contribution in [0.25, 0.3) is 0 Å². The quantitative estimate of drug-likeness (QED) is 0.775. The first kappa shape index (κ1) is 17.5. The van der Waals surface area contributed by atoms with Crippen molar-refractivity contribution < 1.29 is 22.6 Å². The second-order valence-electron chi connectivity index (χ2n) is 6.87. The van der Waals surface area contributed by atoms with E-state index in [-0.39, 0.29) is 23.9 Å². The van der Waals surface area contributed by atoms with Crippen LogP contribution < -0.4 is 4.90 Å². The number of hydrogen-bond donors (Lipinski definition) is 0. The molecule has 7 heteroatoms. The number of halogens is 3. The Morgan fingerprint density at radius 1 is 1.21 bits per heavy atom. The molecule has 24 heavy (non-hydrogen) atoms. The Morgan fingerprint density at radius 2 is 1.88 bits per heavy atom. The normalized spacial score (nSPS) is 34.6. The zero-order valence-corrected chi connectivity index (χ0v) is 14.1. The third kappa shape index (κ3) is 3.24. The number of pyridine rings is 1. The van der Waals surface area contributed by atoms with Crippen LogP contribution in [0.2, 0.25) is 0 Å². The van der Waals surface area contributed by atoms with E-state index in [1.807, 2.05) is 20.8 Å². The van der Waals surface area contributed by atoms with E-state index in [0.717, 1.165) is 12.5 Å². The highest BCUT2D eigenvalue weighted by molar-refractivity contribution is 5.49. The largest absolute Gasteiger partial charge is 0.419 e. The molecule has 3 heterocycles. The third-order valence-corrected chi connectivity index (χ3v) is 4.83. The van der Waals surface area contributed by atoms with Gasteiger partial charge in [-0.15, -0.1) is 0 Å². The summed E-state index contributed by atoms with van der Waals surface area (Å²) in [6.07, 6.45) is -1.49. The van der Waals surface area contributed by atoms with Gasteiger partial charge in [-0.1, -0.05) is 6.92 Å². The molecule has 2 fully saturated rings. The smallest absolute Gasteiger partial charge is 0.355 e. The van der Waals surface area contributed by atoms with E-state index in [1.54, 1.807) is 4.90 Å². The van der Waals surface area contributed by atoms with Crippen LogP contribution in [0.3, 0.4) is 0 Å². The molecule has 0 aliphatic carbocycles. The molecule has 2 saturated heterocycles. The van der Waals surface area contributed by atoms with Crippen LogP contribution in [0.5, 0.6) is 0 Å². The molecule has 2 aliphatic rings. The molecule has 1 aromatic heterocycles. The first-order valence-electron chi connectivity index (χ1n) is 8.34. The Labute approximate surface area is 140 Å². The van der Waals surface area contributed by atoms with E-state index in [0.29, 0.717) is 19.5 Å². The van der Waals surface area contributed by atoms with Crippen LogP contribution in [-0.2, 0) is 15.7 Å². The molecule has 1 spiro atoms.